The molecule has 2 aromatic carbocycles. The fourth-order valence-corrected chi connectivity index (χ4v) is 2.67. The zero-order chi connectivity index (χ0) is 18.8. The van der Waals surface area contributed by atoms with E-state index < -0.39 is 12.2 Å². The van der Waals surface area contributed by atoms with Gasteiger partial charge in [-0.15, -0.1) is 15.3 Å². The molecule has 0 spiro atoms. The van der Waals surface area contributed by atoms with Gasteiger partial charge in [0.05, 0.1) is 5.56 Å². The highest BCUT2D eigenvalue weighted by Crippen LogP contribution is 2.22. The van der Waals surface area contributed by atoms with Crippen LogP contribution in [0.3, 0.4) is 0 Å². The number of nitrogens with one attached hydrogen (secondary N) is 1. The average Bonchev–Trinajstić information content (AvgIpc) is 3.10. The SMILES string of the molecule is Fc1ccccc1-c1nnc2ccc(NCc3ccc(C(F)F)cc3)nn12. The first-order chi connectivity index (χ1) is 13.1. The highest BCUT2D eigenvalue weighted by molar-refractivity contribution is 5.60. The molecule has 0 aliphatic carbocycles. The molecular formula is C19H14F3N5. The molecule has 4 aromatic rings. The second-order valence-electron chi connectivity index (χ2n) is 5.89. The number of anilines is 1. The fourth-order valence-electron chi connectivity index (χ4n) is 2.67. The van der Waals surface area contributed by atoms with Crippen LogP contribution in [0.2, 0.25) is 0 Å². The Hall–Kier alpha value is -3.42. The fraction of sp³-hybridized carbons (Fsp3) is 0.105. The minimum absolute atomic E-state index is 0.0164. The summed E-state index contributed by atoms with van der Waals surface area (Å²) in [7, 11) is 0. The summed E-state index contributed by atoms with van der Waals surface area (Å²) < 4.78 is 40.7. The maximum Gasteiger partial charge on any atom is 0.263 e. The molecule has 2 aromatic heterocycles. The Balaban J connectivity index is 1.58. The molecule has 0 saturated heterocycles. The standard InChI is InChI=1S/C19H14F3N5/c20-15-4-2-1-3-14(15)19-25-24-17-10-9-16(26-27(17)19)23-11-12-5-7-13(8-6-12)18(21)22/h1-10,18H,11H2,(H,23,26). The van der Waals surface area contributed by atoms with Crippen LogP contribution in [0.25, 0.3) is 17.0 Å². The summed E-state index contributed by atoms with van der Waals surface area (Å²) in [5.41, 5.74) is 1.61. The van der Waals surface area contributed by atoms with Crippen molar-refractivity contribution in [3.05, 3.63) is 77.6 Å². The largest absolute Gasteiger partial charge is 0.365 e. The van der Waals surface area contributed by atoms with Gasteiger partial charge in [-0.2, -0.15) is 4.52 Å². The van der Waals surface area contributed by atoms with Crippen molar-refractivity contribution in [1.82, 2.24) is 19.8 Å². The highest BCUT2D eigenvalue weighted by Gasteiger charge is 2.13. The number of rotatable bonds is 5. The van der Waals surface area contributed by atoms with Gasteiger partial charge in [0.1, 0.15) is 11.6 Å². The quantitative estimate of drug-likeness (QED) is 0.564. The van der Waals surface area contributed by atoms with Gasteiger partial charge in [-0.1, -0.05) is 36.4 Å². The Morgan fingerprint density at radius 1 is 0.926 bits per heavy atom. The minimum atomic E-state index is -2.48. The lowest BCUT2D eigenvalue weighted by Gasteiger charge is -2.08. The Morgan fingerprint density at radius 2 is 1.70 bits per heavy atom. The average molecular weight is 369 g/mol. The Kier molecular flexibility index (Phi) is 4.45. The summed E-state index contributed by atoms with van der Waals surface area (Å²) in [6.07, 6.45) is -2.48. The Morgan fingerprint density at radius 3 is 2.44 bits per heavy atom. The lowest BCUT2D eigenvalue weighted by atomic mass is 10.1. The number of halogens is 3. The van der Waals surface area contributed by atoms with Gasteiger partial charge in [0.25, 0.3) is 6.43 Å². The monoisotopic (exact) mass is 369 g/mol. The maximum atomic E-state index is 14.1. The summed E-state index contributed by atoms with van der Waals surface area (Å²) in [5, 5.41) is 15.6. The number of nitrogens with zero attached hydrogens (tertiary/aromatic N) is 4. The second kappa shape index (κ2) is 7.06. The Bertz CT molecular complexity index is 1080. The van der Waals surface area contributed by atoms with Gasteiger partial charge in [0, 0.05) is 12.1 Å². The number of hydrogen-bond donors (Lipinski definition) is 1. The van der Waals surface area contributed by atoms with E-state index in [4.69, 9.17) is 0 Å². The molecule has 136 valence electrons. The second-order valence-corrected chi connectivity index (χ2v) is 5.89. The third kappa shape index (κ3) is 3.46. The number of hydrogen-bond acceptors (Lipinski definition) is 4. The van der Waals surface area contributed by atoms with Crippen molar-refractivity contribution in [1.29, 1.82) is 0 Å². The predicted molar refractivity (Wildman–Crippen MR) is 94.9 cm³/mol. The van der Waals surface area contributed by atoms with Crippen molar-refractivity contribution in [2.45, 2.75) is 13.0 Å². The molecule has 0 atom stereocenters. The molecule has 0 radical (unpaired) electrons. The van der Waals surface area contributed by atoms with Crippen LogP contribution in [-0.4, -0.2) is 19.8 Å². The van der Waals surface area contributed by atoms with Crippen LogP contribution in [-0.2, 0) is 6.54 Å². The van der Waals surface area contributed by atoms with E-state index in [2.05, 4.69) is 20.6 Å². The zero-order valence-corrected chi connectivity index (χ0v) is 14.0. The molecule has 8 heteroatoms. The smallest absolute Gasteiger partial charge is 0.263 e. The van der Waals surface area contributed by atoms with Crippen molar-refractivity contribution in [3.8, 4) is 11.4 Å². The molecule has 0 fully saturated rings. The van der Waals surface area contributed by atoms with Crippen molar-refractivity contribution in [3.63, 3.8) is 0 Å². The van der Waals surface area contributed by atoms with E-state index in [1.54, 1.807) is 42.5 Å². The molecule has 5 nitrogen and oxygen atoms in total. The molecule has 0 saturated carbocycles. The first-order valence-corrected chi connectivity index (χ1v) is 8.20. The minimum Gasteiger partial charge on any atom is -0.365 e. The van der Waals surface area contributed by atoms with Crippen LogP contribution >= 0.6 is 0 Å². The van der Waals surface area contributed by atoms with Gasteiger partial charge in [0.15, 0.2) is 11.5 Å². The van der Waals surface area contributed by atoms with E-state index in [9.17, 15) is 13.2 Å². The molecule has 1 N–H and O–H groups in total. The van der Waals surface area contributed by atoms with Gasteiger partial charge in [-0.25, -0.2) is 13.2 Å². The molecule has 0 bridgehead atoms. The van der Waals surface area contributed by atoms with Gasteiger partial charge in [-0.3, -0.25) is 0 Å². The molecule has 0 aliphatic heterocycles. The van der Waals surface area contributed by atoms with Crippen molar-refractivity contribution < 1.29 is 13.2 Å². The summed E-state index contributed by atoms with van der Waals surface area (Å²) in [6.45, 7) is 0.402. The van der Waals surface area contributed by atoms with Gasteiger partial charge in [0.2, 0.25) is 0 Å². The molecule has 4 rings (SSSR count). The summed E-state index contributed by atoms with van der Waals surface area (Å²) in [4.78, 5) is 0. The van der Waals surface area contributed by atoms with Crippen molar-refractivity contribution in [2.75, 3.05) is 5.32 Å². The Labute approximate surface area is 152 Å². The van der Waals surface area contributed by atoms with E-state index in [0.29, 0.717) is 29.4 Å². The first kappa shape index (κ1) is 17.0. The number of fused-ring (bicyclic) bond motifs is 1. The normalized spacial score (nSPS) is 11.3. The van der Waals surface area contributed by atoms with Crippen LogP contribution in [0.15, 0.2) is 60.7 Å². The molecule has 2 heterocycles. The van der Waals surface area contributed by atoms with Crippen molar-refractivity contribution >= 4 is 11.5 Å². The predicted octanol–water partition coefficient (Wildman–Crippen LogP) is 4.48. The van der Waals surface area contributed by atoms with E-state index >= 15 is 0 Å². The maximum absolute atomic E-state index is 14.1. The number of benzene rings is 2. The van der Waals surface area contributed by atoms with Gasteiger partial charge in [-0.05, 0) is 29.8 Å². The zero-order valence-electron chi connectivity index (χ0n) is 14.0. The van der Waals surface area contributed by atoms with Gasteiger partial charge >= 0.3 is 0 Å². The molecule has 0 amide bonds. The van der Waals surface area contributed by atoms with E-state index in [1.807, 2.05) is 0 Å². The third-order valence-corrected chi connectivity index (χ3v) is 4.08. The molecular weight excluding hydrogens is 355 g/mol. The van der Waals surface area contributed by atoms with Crippen LogP contribution < -0.4 is 5.32 Å². The summed E-state index contributed by atoms with van der Waals surface area (Å²) in [6, 6.07) is 15.8. The molecule has 0 aliphatic rings. The molecule has 27 heavy (non-hydrogen) atoms. The van der Waals surface area contributed by atoms with E-state index in [0.717, 1.165) is 5.56 Å². The molecule has 0 unspecified atom stereocenters. The first-order valence-electron chi connectivity index (χ1n) is 8.20. The van der Waals surface area contributed by atoms with Crippen LogP contribution in [0.1, 0.15) is 17.6 Å². The van der Waals surface area contributed by atoms with Gasteiger partial charge < -0.3 is 5.32 Å². The third-order valence-electron chi connectivity index (χ3n) is 4.08. The van der Waals surface area contributed by atoms with Crippen molar-refractivity contribution in [2.24, 2.45) is 0 Å². The summed E-state index contributed by atoms with van der Waals surface area (Å²) >= 11 is 0. The topological polar surface area (TPSA) is 55.1 Å². The lowest BCUT2D eigenvalue weighted by Crippen LogP contribution is -2.05. The van der Waals surface area contributed by atoms with Crippen LogP contribution in [0, 0.1) is 5.82 Å². The number of alkyl halides is 2. The van der Waals surface area contributed by atoms with Crippen LogP contribution in [0.5, 0.6) is 0 Å². The highest BCUT2D eigenvalue weighted by atomic mass is 19.3. The van der Waals surface area contributed by atoms with E-state index in [1.165, 1.54) is 22.7 Å². The van der Waals surface area contributed by atoms with E-state index in [-0.39, 0.29) is 5.56 Å². The lowest BCUT2D eigenvalue weighted by molar-refractivity contribution is 0.151. The number of aromatic nitrogens is 4. The van der Waals surface area contributed by atoms with Crippen LogP contribution in [0.4, 0.5) is 19.0 Å². The summed E-state index contributed by atoms with van der Waals surface area (Å²) in [5.74, 6) is 0.414.